The first-order valence-corrected chi connectivity index (χ1v) is 4.29. The topological polar surface area (TPSA) is 46.5 Å². The average Bonchev–Trinajstić information content (AvgIpc) is 2.13. The van der Waals surface area contributed by atoms with E-state index in [0.29, 0.717) is 0 Å². The highest BCUT2D eigenvalue weighted by molar-refractivity contribution is 6.34. The van der Waals surface area contributed by atoms with Crippen LogP contribution >= 0.6 is 11.6 Å². The van der Waals surface area contributed by atoms with Crippen molar-refractivity contribution in [2.45, 2.75) is 6.92 Å². The number of hydrogen-bond donors (Lipinski definition) is 1. The fourth-order valence-corrected chi connectivity index (χ4v) is 1.17. The summed E-state index contributed by atoms with van der Waals surface area (Å²) >= 11 is 5.49. The van der Waals surface area contributed by atoms with Crippen molar-refractivity contribution in [3.05, 3.63) is 28.5 Å². The van der Waals surface area contributed by atoms with Gasteiger partial charge in [-0.25, -0.2) is 9.18 Å². The third-order valence-corrected chi connectivity index (χ3v) is 1.92. The van der Waals surface area contributed by atoms with Crippen LogP contribution in [0, 0.1) is 5.82 Å². The molecule has 0 radical (unpaired) electrons. The summed E-state index contributed by atoms with van der Waals surface area (Å²) in [5, 5.41) is 8.83. The summed E-state index contributed by atoms with van der Waals surface area (Å²) in [6, 6.07) is 2.02. The molecule has 0 heterocycles. The minimum atomic E-state index is -0.838. The Kier molecular flexibility index (Phi) is 3.30. The van der Waals surface area contributed by atoms with E-state index >= 15 is 0 Å². The molecule has 0 aliphatic heterocycles. The van der Waals surface area contributed by atoms with Crippen molar-refractivity contribution in [2.24, 2.45) is 0 Å². The molecule has 0 spiro atoms. The second-order valence-corrected chi connectivity index (χ2v) is 2.85. The second kappa shape index (κ2) is 4.28. The molecule has 0 amide bonds. The molecule has 0 aliphatic carbocycles. The van der Waals surface area contributed by atoms with Gasteiger partial charge in [-0.3, -0.25) is 0 Å². The Hall–Kier alpha value is -1.29. The molecule has 1 aromatic carbocycles. The van der Waals surface area contributed by atoms with Gasteiger partial charge in [-0.15, -0.1) is 0 Å². The molecule has 0 saturated heterocycles. The van der Waals surface area contributed by atoms with Crippen LogP contribution in [0.4, 0.5) is 4.39 Å². The van der Waals surface area contributed by atoms with Gasteiger partial charge in [0.05, 0.1) is 11.6 Å². The first kappa shape index (κ1) is 10.8. The molecule has 76 valence electrons. The molecular formula is C9H8ClFO3. The molecule has 1 aromatic rings. The maximum atomic E-state index is 12.9. The molecule has 1 N–H and O–H groups in total. The van der Waals surface area contributed by atoms with E-state index in [4.69, 9.17) is 11.6 Å². The van der Waals surface area contributed by atoms with Gasteiger partial charge in [-0.2, -0.15) is 0 Å². The lowest BCUT2D eigenvalue weighted by Gasteiger charge is -2.06. The molecule has 0 fully saturated rings. The number of carbonyl (C=O) groups excluding carboxylic acids is 1. The van der Waals surface area contributed by atoms with Gasteiger partial charge in [0, 0.05) is 0 Å². The van der Waals surface area contributed by atoms with Crippen molar-refractivity contribution in [1.82, 2.24) is 0 Å². The summed E-state index contributed by atoms with van der Waals surface area (Å²) in [5.74, 6) is -2.00. The maximum Gasteiger partial charge on any atom is 0.343 e. The molecule has 0 atom stereocenters. The summed E-state index contributed by atoms with van der Waals surface area (Å²) in [5.41, 5.74) is -0.339. The number of aromatic hydroxyl groups is 1. The third-order valence-electron chi connectivity index (χ3n) is 1.55. The summed E-state index contributed by atoms with van der Waals surface area (Å²) in [6.45, 7) is 1.73. The molecule has 3 nitrogen and oxygen atoms in total. The van der Waals surface area contributed by atoms with E-state index in [2.05, 4.69) is 4.74 Å². The molecular weight excluding hydrogens is 211 g/mol. The lowest BCUT2D eigenvalue weighted by Crippen LogP contribution is -2.06. The molecule has 5 heteroatoms. The molecule has 0 unspecified atom stereocenters. The average molecular weight is 219 g/mol. The first-order chi connectivity index (χ1) is 6.57. The predicted octanol–water partition coefficient (Wildman–Crippen LogP) is 2.36. The van der Waals surface area contributed by atoms with Crippen molar-refractivity contribution < 1.29 is 19.0 Å². The highest BCUT2D eigenvalue weighted by Gasteiger charge is 2.19. The van der Waals surface area contributed by atoms with Gasteiger partial charge in [0.15, 0.2) is 0 Å². The molecule has 0 aliphatic rings. The monoisotopic (exact) mass is 218 g/mol. The maximum absolute atomic E-state index is 12.9. The van der Waals surface area contributed by atoms with E-state index in [1.165, 1.54) is 0 Å². The fourth-order valence-electron chi connectivity index (χ4n) is 0.938. The minimum Gasteiger partial charge on any atom is -0.507 e. The zero-order chi connectivity index (χ0) is 10.7. The van der Waals surface area contributed by atoms with Gasteiger partial charge in [0.25, 0.3) is 0 Å². The van der Waals surface area contributed by atoms with Gasteiger partial charge in [-0.1, -0.05) is 11.6 Å². The lowest BCUT2D eigenvalue weighted by molar-refractivity contribution is 0.0522. The van der Waals surface area contributed by atoms with Crippen LogP contribution in [0.2, 0.25) is 5.02 Å². The standard InChI is InChI=1S/C9H8ClFO3/c1-2-14-9(13)7-6(12)4-3-5(11)8(7)10/h3-4,12H,2H2,1H3. The smallest absolute Gasteiger partial charge is 0.343 e. The largest absolute Gasteiger partial charge is 0.507 e. The van der Waals surface area contributed by atoms with E-state index in [0.717, 1.165) is 12.1 Å². The van der Waals surface area contributed by atoms with Crippen LogP contribution in [0.3, 0.4) is 0 Å². The molecule has 14 heavy (non-hydrogen) atoms. The summed E-state index contributed by atoms with van der Waals surface area (Å²) in [6.07, 6.45) is 0. The number of hydrogen-bond acceptors (Lipinski definition) is 3. The Morgan fingerprint density at radius 2 is 2.29 bits per heavy atom. The predicted molar refractivity (Wildman–Crippen MR) is 49.0 cm³/mol. The zero-order valence-electron chi connectivity index (χ0n) is 7.38. The highest BCUT2D eigenvalue weighted by Crippen LogP contribution is 2.28. The van der Waals surface area contributed by atoms with Crippen molar-refractivity contribution in [2.75, 3.05) is 6.61 Å². The Balaban J connectivity index is 3.18. The van der Waals surface area contributed by atoms with Gasteiger partial charge < -0.3 is 9.84 Å². The Bertz CT molecular complexity index is 365. The lowest BCUT2D eigenvalue weighted by atomic mass is 10.2. The highest BCUT2D eigenvalue weighted by atomic mass is 35.5. The van der Waals surface area contributed by atoms with E-state index in [-0.39, 0.29) is 12.2 Å². The number of ether oxygens (including phenoxy) is 1. The quantitative estimate of drug-likeness (QED) is 0.776. The number of halogens is 2. The van der Waals surface area contributed by atoms with Crippen molar-refractivity contribution >= 4 is 17.6 Å². The van der Waals surface area contributed by atoms with Crippen LogP contribution in [0.1, 0.15) is 17.3 Å². The van der Waals surface area contributed by atoms with Crippen LogP contribution in [-0.4, -0.2) is 17.7 Å². The number of rotatable bonds is 2. The van der Waals surface area contributed by atoms with Crippen LogP contribution in [-0.2, 0) is 4.74 Å². The minimum absolute atomic E-state index is 0.130. The van der Waals surface area contributed by atoms with Crippen molar-refractivity contribution in [3.63, 3.8) is 0 Å². The van der Waals surface area contributed by atoms with E-state index in [1.54, 1.807) is 6.92 Å². The van der Waals surface area contributed by atoms with E-state index < -0.39 is 22.6 Å². The number of esters is 1. The van der Waals surface area contributed by atoms with Crippen LogP contribution in [0.5, 0.6) is 5.75 Å². The van der Waals surface area contributed by atoms with Gasteiger partial charge >= 0.3 is 5.97 Å². The molecule has 1 rings (SSSR count). The second-order valence-electron chi connectivity index (χ2n) is 2.48. The van der Waals surface area contributed by atoms with Gasteiger partial charge in [-0.05, 0) is 19.1 Å². The Morgan fingerprint density at radius 3 is 2.86 bits per heavy atom. The zero-order valence-corrected chi connectivity index (χ0v) is 8.14. The van der Waals surface area contributed by atoms with Crippen LogP contribution in [0.15, 0.2) is 12.1 Å². The normalized spacial score (nSPS) is 9.93. The van der Waals surface area contributed by atoms with Gasteiger partial charge in [0.1, 0.15) is 17.1 Å². The summed E-state index contributed by atoms with van der Waals surface area (Å²) in [4.78, 5) is 11.2. The Morgan fingerprint density at radius 1 is 1.64 bits per heavy atom. The van der Waals surface area contributed by atoms with Crippen LogP contribution in [0.25, 0.3) is 0 Å². The Labute approximate surface area is 85.1 Å². The first-order valence-electron chi connectivity index (χ1n) is 3.92. The SMILES string of the molecule is CCOC(=O)c1c(O)ccc(F)c1Cl. The summed E-state index contributed by atoms with van der Waals surface area (Å²) < 4.78 is 17.5. The fraction of sp³-hybridized carbons (Fsp3) is 0.222. The van der Waals surface area contributed by atoms with Crippen molar-refractivity contribution in [1.29, 1.82) is 0 Å². The number of benzene rings is 1. The van der Waals surface area contributed by atoms with Gasteiger partial charge in [0.2, 0.25) is 0 Å². The summed E-state index contributed by atoms with van der Waals surface area (Å²) in [7, 11) is 0. The van der Waals surface area contributed by atoms with Crippen molar-refractivity contribution in [3.8, 4) is 5.75 Å². The molecule has 0 saturated carbocycles. The number of phenolic OH excluding ortho intramolecular Hbond substituents is 1. The number of phenols is 1. The molecule has 0 aromatic heterocycles. The van der Waals surface area contributed by atoms with E-state index in [1.807, 2.05) is 0 Å². The van der Waals surface area contributed by atoms with Crippen LogP contribution < -0.4 is 0 Å². The third kappa shape index (κ3) is 1.96. The number of carbonyl (C=O) groups is 1. The van der Waals surface area contributed by atoms with E-state index in [9.17, 15) is 14.3 Å². The molecule has 0 bridgehead atoms.